The zero-order chi connectivity index (χ0) is 19.5. The van der Waals surface area contributed by atoms with E-state index in [1.165, 1.54) is 0 Å². The van der Waals surface area contributed by atoms with Gasteiger partial charge in [0.2, 0.25) is 0 Å². The van der Waals surface area contributed by atoms with Crippen LogP contribution in [0.3, 0.4) is 0 Å². The first kappa shape index (κ1) is 26.7. The van der Waals surface area contributed by atoms with Gasteiger partial charge in [-0.15, -0.1) is 0 Å². The maximum atomic E-state index is 5.32. The fourth-order valence-electron chi connectivity index (χ4n) is 2.49. The molecule has 9 heteroatoms. The van der Waals surface area contributed by atoms with Gasteiger partial charge in [0.05, 0.1) is 0 Å². The Balaban J connectivity index is 0.000000483. The molecule has 2 aromatic carbocycles. The van der Waals surface area contributed by atoms with Crippen LogP contribution in [0.15, 0.2) is 60.7 Å². The van der Waals surface area contributed by atoms with E-state index in [1.807, 2.05) is 60.7 Å². The molecule has 6 nitrogen and oxygen atoms in total. The second-order valence-electron chi connectivity index (χ2n) is 5.07. The van der Waals surface area contributed by atoms with Crippen molar-refractivity contribution >= 4 is 26.5 Å². The Morgan fingerprint density at radius 3 is 0.852 bits per heavy atom. The first-order valence-corrected chi connectivity index (χ1v) is 11.4. The van der Waals surface area contributed by atoms with Crippen molar-refractivity contribution in [3.8, 4) is 0 Å². The van der Waals surface area contributed by atoms with Gasteiger partial charge in [-0.1, -0.05) is 0 Å². The van der Waals surface area contributed by atoms with Crippen LogP contribution in [-0.4, -0.2) is 42.7 Å². The molecule has 0 heterocycles. The molecule has 0 spiro atoms. The number of benzene rings is 2. The average molecular weight is 511 g/mol. The molecule has 0 bridgehead atoms. The SMILES string of the molecule is CO[PH](OC)(OC)c1ccccc1.CO[PH](OC)(OC)c1ccccc1.[Pd]. The van der Waals surface area contributed by atoms with Crippen LogP contribution in [-0.2, 0) is 47.6 Å². The molecule has 0 saturated heterocycles. The van der Waals surface area contributed by atoms with Gasteiger partial charge in [0, 0.05) is 20.4 Å². The fourth-order valence-corrected chi connectivity index (χ4v) is 6.11. The summed E-state index contributed by atoms with van der Waals surface area (Å²) in [5.74, 6) is 0. The van der Waals surface area contributed by atoms with E-state index in [0.29, 0.717) is 0 Å². The molecular formula is C18H30O6P2Pd. The molecule has 158 valence electrons. The monoisotopic (exact) mass is 510 g/mol. The summed E-state index contributed by atoms with van der Waals surface area (Å²) in [6.45, 7) is 0. The summed E-state index contributed by atoms with van der Waals surface area (Å²) in [6, 6.07) is 19.4. The molecule has 27 heavy (non-hydrogen) atoms. The largest absolute Gasteiger partial charge is 0 e. The molecule has 0 aliphatic heterocycles. The molecule has 0 fully saturated rings. The molecule has 0 unspecified atom stereocenters. The maximum Gasteiger partial charge on any atom is 0 e. The molecule has 0 amide bonds. The van der Waals surface area contributed by atoms with Crippen LogP contribution in [0.2, 0.25) is 0 Å². The van der Waals surface area contributed by atoms with E-state index in [1.54, 1.807) is 42.7 Å². The number of hydrogen-bond acceptors (Lipinski definition) is 6. The second-order valence-corrected chi connectivity index (χ2v) is 10.9. The van der Waals surface area contributed by atoms with E-state index in [9.17, 15) is 0 Å². The summed E-state index contributed by atoms with van der Waals surface area (Å²) in [5, 5.41) is 1.95. The summed E-state index contributed by atoms with van der Waals surface area (Å²) >= 11 is 0. The van der Waals surface area contributed by atoms with Crippen LogP contribution in [0.4, 0.5) is 0 Å². The quantitative estimate of drug-likeness (QED) is 0.400. The third-order valence-corrected chi connectivity index (χ3v) is 9.17. The molecule has 0 aromatic heterocycles. The van der Waals surface area contributed by atoms with E-state index in [0.717, 1.165) is 10.6 Å². The van der Waals surface area contributed by atoms with Gasteiger partial charge >= 0.3 is 157 Å². The minimum absolute atomic E-state index is 0. The van der Waals surface area contributed by atoms with Crippen LogP contribution in [0.5, 0.6) is 0 Å². The topological polar surface area (TPSA) is 55.4 Å². The third kappa shape index (κ3) is 6.92. The molecule has 2 aromatic rings. The van der Waals surface area contributed by atoms with Gasteiger partial charge in [-0.2, -0.15) is 0 Å². The Morgan fingerprint density at radius 2 is 0.667 bits per heavy atom. The first-order chi connectivity index (χ1) is 12.6. The molecular weight excluding hydrogens is 481 g/mol. The predicted octanol–water partition coefficient (Wildman–Crippen LogP) is 3.49. The average Bonchev–Trinajstić information content (AvgIpc) is 2.74. The van der Waals surface area contributed by atoms with Crippen LogP contribution < -0.4 is 10.6 Å². The van der Waals surface area contributed by atoms with E-state index >= 15 is 0 Å². The van der Waals surface area contributed by atoms with Crippen molar-refractivity contribution in [2.75, 3.05) is 42.7 Å². The summed E-state index contributed by atoms with van der Waals surface area (Å²) < 4.78 is 31.9. The molecule has 0 saturated carbocycles. The summed E-state index contributed by atoms with van der Waals surface area (Å²) in [5.41, 5.74) is 0. The van der Waals surface area contributed by atoms with Gasteiger partial charge < -0.3 is 0 Å². The van der Waals surface area contributed by atoms with Crippen molar-refractivity contribution in [3.05, 3.63) is 60.7 Å². The number of hydrogen-bond donors (Lipinski definition) is 0. The maximum absolute atomic E-state index is 5.32. The van der Waals surface area contributed by atoms with E-state index in [4.69, 9.17) is 27.1 Å². The van der Waals surface area contributed by atoms with Crippen molar-refractivity contribution in [2.24, 2.45) is 0 Å². The summed E-state index contributed by atoms with van der Waals surface area (Å²) in [4.78, 5) is 0. The van der Waals surface area contributed by atoms with Crippen molar-refractivity contribution < 1.29 is 47.6 Å². The Morgan fingerprint density at radius 1 is 0.444 bits per heavy atom. The smallest absolute Gasteiger partial charge is 0 e. The third-order valence-electron chi connectivity index (χ3n) is 3.87. The molecule has 0 N–H and O–H groups in total. The zero-order valence-corrected chi connectivity index (χ0v) is 20.1. The Labute approximate surface area is 177 Å². The van der Waals surface area contributed by atoms with Crippen molar-refractivity contribution in [2.45, 2.75) is 0 Å². The first-order valence-electron chi connectivity index (χ1n) is 8.00. The van der Waals surface area contributed by atoms with E-state index < -0.39 is 15.9 Å². The van der Waals surface area contributed by atoms with Crippen molar-refractivity contribution in [1.29, 1.82) is 0 Å². The van der Waals surface area contributed by atoms with Gasteiger partial charge in [-0.25, -0.2) is 0 Å². The molecule has 0 aliphatic rings. The summed E-state index contributed by atoms with van der Waals surface area (Å²) in [7, 11) is 4.43. The summed E-state index contributed by atoms with van der Waals surface area (Å²) in [6.07, 6.45) is 0. The second kappa shape index (κ2) is 13.8. The van der Waals surface area contributed by atoms with Crippen LogP contribution in [0.25, 0.3) is 0 Å². The standard InChI is InChI=1S/2C9H15O3P.Pd/c2*1-10-13(11-2,12-3)9-7-5-4-6-8-9;/h2*4-8,13H,1-3H3;. The van der Waals surface area contributed by atoms with Crippen LogP contribution in [0.1, 0.15) is 0 Å². The minimum atomic E-state index is -2.59. The van der Waals surface area contributed by atoms with Crippen molar-refractivity contribution in [1.82, 2.24) is 0 Å². The molecule has 0 atom stereocenters. The van der Waals surface area contributed by atoms with E-state index in [-0.39, 0.29) is 20.4 Å². The van der Waals surface area contributed by atoms with Gasteiger partial charge in [0.25, 0.3) is 0 Å². The van der Waals surface area contributed by atoms with Crippen molar-refractivity contribution in [3.63, 3.8) is 0 Å². The van der Waals surface area contributed by atoms with Crippen LogP contribution >= 0.6 is 15.9 Å². The molecule has 2 rings (SSSR count). The van der Waals surface area contributed by atoms with Gasteiger partial charge in [-0.05, 0) is 0 Å². The Kier molecular flexibility index (Phi) is 13.7. The van der Waals surface area contributed by atoms with Gasteiger partial charge in [0.15, 0.2) is 0 Å². The van der Waals surface area contributed by atoms with Crippen LogP contribution in [0, 0.1) is 0 Å². The van der Waals surface area contributed by atoms with Gasteiger partial charge in [-0.3, -0.25) is 0 Å². The number of rotatable bonds is 8. The van der Waals surface area contributed by atoms with Gasteiger partial charge in [0.1, 0.15) is 0 Å². The zero-order valence-electron chi connectivity index (χ0n) is 16.5. The normalized spacial score (nSPS) is 12.4. The Hall–Kier alpha value is -0.278. The predicted molar refractivity (Wildman–Crippen MR) is 111 cm³/mol. The minimum Gasteiger partial charge on any atom is 0 e. The Bertz CT molecular complexity index is 538. The molecule has 0 aliphatic carbocycles. The molecule has 0 radical (unpaired) electrons. The van der Waals surface area contributed by atoms with E-state index in [2.05, 4.69) is 0 Å². The fraction of sp³-hybridized carbons (Fsp3) is 0.333.